The van der Waals surface area contributed by atoms with E-state index in [2.05, 4.69) is 20.9 Å². The van der Waals surface area contributed by atoms with Gasteiger partial charge >= 0.3 is 0 Å². The number of hydrogen-bond donors (Lipinski definition) is 1. The van der Waals surface area contributed by atoms with E-state index in [-0.39, 0.29) is 5.56 Å². The van der Waals surface area contributed by atoms with E-state index in [1.54, 1.807) is 18.2 Å². The maximum absolute atomic E-state index is 13.7. The predicted octanol–water partition coefficient (Wildman–Crippen LogP) is 3.07. The van der Waals surface area contributed by atoms with E-state index in [0.717, 1.165) is 0 Å². The van der Waals surface area contributed by atoms with Gasteiger partial charge < -0.3 is 9.84 Å². The molecule has 1 N–H and O–H groups in total. The number of methoxy groups -OCH3 is 1. The molecule has 0 radical (unpaired) electrons. The molecule has 18 heavy (non-hydrogen) atoms. The van der Waals surface area contributed by atoms with Gasteiger partial charge in [0.2, 0.25) is 0 Å². The van der Waals surface area contributed by atoms with Crippen LogP contribution in [0.15, 0.2) is 41.1 Å². The van der Waals surface area contributed by atoms with Crippen molar-refractivity contribution in [3.05, 3.63) is 58.1 Å². The summed E-state index contributed by atoms with van der Waals surface area (Å²) in [6.07, 6.45) is 1.91. The van der Waals surface area contributed by atoms with Crippen LogP contribution in [0.2, 0.25) is 0 Å². The van der Waals surface area contributed by atoms with Crippen molar-refractivity contribution in [1.29, 1.82) is 0 Å². The summed E-state index contributed by atoms with van der Waals surface area (Å²) in [4.78, 5) is 3.89. The first-order valence-corrected chi connectivity index (χ1v) is 6.03. The molecule has 1 atom stereocenters. The van der Waals surface area contributed by atoms with Crippen LogP contribution in [0.25, 0.3) is 0 Å². The summed E-state index contributed by atoms with van der Waals surface area (Å²) < 4.78 is 19.5. The molecule has 0 amide bonds. The highest BCUT2D eigenvalue weighted by atomic mass is 79.9. The van der Waals surface area contributed by atoms with E-state index in [1.807, 2.05) is 0 Å². The number of pyridine rings is 1. The van der Waals surface area contributed by atoms with Crippen LogP contribution in [0.4, 0.5) is 4.39 Å². The zero-order chi connectivity index (χ0) is 13.1. The fourth-order valence-electron chi connectivity index (χ4n) is 1.68. The minimum Gasteiger partial charge on any atom is -0.495 e. The minimum atomic E-state index is -1.10. The molecule has 3 nitrogen and oxygen atoms in total. The molecule has 5 heteroatoms. The van der Waals surface area contributed by atoms with Gasteiger partial charge in [-0.1, -0.05) is 15.9 Å². The number of aromatic nitrogens is 1. The lowest BCUT2D eigenvalue weighted by molar-refractivity contribution is 0.209. The lowest BCUT2D eigenvalue weighted by atomic mass is 10.0. The topological polar surface area (TPSA) is 42.4 Å². The molecule has 0 bridgehead atoms. The highest BCUT2D eigenvalue weighted by molar-refractivity contribution is 9.10. The monoisotopic (exact) mass is 311 g/mol. The van der Waals surface area contributed by atoms with Gasteiger partial charge in [-0.2, -0.15) is 0 Å². The van der Waals surface area contributed by atoms with E-state index >= 15 is 0 Å². The number of hydrogen-bond acceptors (Lipinski definition) is 3. The second-order valence-corrected chi connectivity index (χ2v) is 4.60. The second-order valence-electron chi connectivity index (χ2n) is 3.69. The van der Waals surface area contributed by atoms with Crippen molar-refractivity contribution in [2.24, 2.45) is 0 Å². The molecule has 0 aliphatic rings. The van der Waals surface area contributed by atoms with Gasteiger partial charge in [0.25, 0.3) is 0 Å². The van der Waals surface area contributed by atoms with Gasteiger partial charge in [-0.3, -0.25) is 4.98 Å². The van der Waals surface area contributed by atoms with Crippen molar-refractivity contribution in [2.45, 2.75) is 6.10 Å². The lowest BCUT2D eigenvalue weighted by Crippen LogP contribution is -2.05. The largest absolute Gasteiger partial charge is 0.495 e. The molecule has 2 aromatic rings. The standard InChI is InChI=1S/C13H11BrFNO2/c1-18-12-7-16-5-4-9(12)13(17)10-6-8(14)2-3-11(10)15/h2-7,13,17H,1H3. The molecule has 2 rings (SSSR count). The van der Waals surface area contributed by atoms with Crippen LogP contribution in [0.5, 0.6) is 5.75 Å². The zero-order valence-corrected chi connectivity index (χ0v) is 11.2. The molecule has 1 aromatic carbocycles. The quantitative estimate of drug-likeness (QED) is 0.947. The highest BCUT2D eigenvalue weighted by Gasteiger charge is 2.19. The maximum atomic E-state index is 13.7. The van der Waals surface area contributed by atoms with Crippen LogP contribution in [0.3, 0.4) is 0 Å². The molecule has 1 heterocycles. The highest BCUT2D eigenvalue weighted by Crippen LogP contribution is 2.31. The third-order valence-electron chi connectivity index (χ3n) is 2.58. The normalized spacial score (nSPS) is 12.2. The molecule has 1 unspecified atom stereocenters. The Hall–Kier alpha value is -1.46. The molecule has 0 aliphatic heterocycles. The van der Waals surface area contributed by atoms with Crippen molar-refractivity contribution < 1.29 is 14.2 Å². The van der Waals surface area contributed by atoms with Crippen LogP contribution in [-0.2, 0) is 0 Å². The Morgan fingerprint density at radius 1 is 1.33 bits per heavy atom. The van der Waals surface area contributed by atoms with Crippen molar-refractivity contribution in [1.82, 2.24) is 4.98 Å². The van der Waals surface area contributed by atoms with Crippen molar-refractivity contribution >= 4 is 15.9 Å². The van der Waals surface area contributed by atoms with Gasteiger partial charge in [-0.15, -0.1) is 0 Å². The number of benzene rings is 1. The Morgan fingerprint density at radius 3 is 2.83 bits per heavy atom. The molecule has 0 saturated heterocycles. The van der Waals surface area contributed by atoms with E-state index in [9.17, 15) is 9.50 Å². The molecule has 0 saturated carbocycles. The maximum Gasteiger partial charge on any atom is 0.143 e. The molecule has 0 fully saturated rings. The summed E-state index contributed by atoms with van der Waals surface area (Å²) in [5.74, 6) is -0.0473. The van der Waals surface area contributed by atoms with Crippen molar-refractivity contribution in [3.63, 3.8) is 0 Å². The Labute approximate surface area is 112 Å². The Kier molecular flexibility index (Phi) is 3.93. The fourth-order valence-corrected chi connectivity index (χ4v) is 2.06. The first-order valence-electron chi connectivity index (χ1n) is 5.24. The van der Waals surface area contributed by atoms with E-state index < -0.39 is 11.9 Å². The first kappa shape index (κ1) is 13.0. The first-order chi connectivity index (χ1) is 8.63. The van der Waals surface area contributed by atoms with Gasteiger partial charge in [0.05, 0.1) is 13.3 Å². The average molecular weight is 312 g/mol. The number of aliphatic hydroxyl groups is 1. The number of ether oxygens (including phenoxy) is 1. The number of rotatable bonds is 3. The van der Waals surface area contributed by atoms with Gasteiger partial charge in [-0.05, 0) is 24.3 Å². The van der Waals surface area contributed by atoms with Crippen LogP contribution in [-0.4, -0.2) is 17.2 Å². The van der Waals surface area contributed by atoms with E-state index in [1.165, 1.54) is 25.6 Å². The Bertz CT molecular complexity index is 562. The Morgan fingerprint density at radius 2 is 2.11 bits per heavy atom. The average Bonchev–Trinajstić information content (AvgIpc) is 2.40. The smallest absolute Gasteiger partial charge is 0.143 e. The Balaban J connectivity index is 2.47. The summed E-state index contributed by atoms with van der Waals surface area (Å²) in [6, 6.07) is 6.02. The SMILES string of the molecule is COc1cnccc1C(O)c1cc(Br)ccc1F. The number of halogens is 2. The minimum absolute atomic E-state index is 0.189. The van der Waals surface area contributed by atoms with Crippen LogP contribution in [0.1, 0.15) is 17.2 Å². The number of aliphatic hydroxyl groups excluding tert-OH is 1. The molecule has 0 spiro atoms. The van der Waals surface area contributed by atoms with Crippen LogP contribution >= 0.6 is 15.9 Å². The van der Waals surface area contributed by atoms with Crippen molar-refractivity contribution in [2.75, 3.05) is 7.11 Å². The van der Waals surface area contributed by atoms with Crippen LogP contribution in [0, 0.1) is 5.82 Å². The third-order valence-corrected chi connectivity index (χ3v) is 3.08. The summed E-state index contributed by atoms with van der Waals surface area (Å²) >= 11 is 3.25. The van der Waals surface area contributed by atoms with E-state index in [0.29, 0.717) is 15.8 Å². The molecule has 1 aromatic heterocycles. The number of nitrogens with zero attached hydrogens (tertiary/aromatic N) is 1. The van der Waals surface area contributed by atoms with Gasteiger partial charge in [0.15, 0.2) is 0 Å². The van der Waals surface area contributed by atoms with Crippen molar-refractivity contribution in [3.8, 4) is 5.75 Å². The van der Waals surface area contributed by atoms with Gasteiger partial charge in [0, 0.05) is 21.8 Å². The zero-order valence-electron chi connectivity index (χ0n) is 9.60. The van der Waals surface area contributed by atoms with Gasteiger partial charge in [-0.25, -0.2) is 4.39 Å². The van der Waals surface area contributed by atoms with Gasteiger partial charge in [0.1, 0.15) is 17.7 Å². The molecular formula is C13H11BrFNO2. The summed E-state index contributed by atoms with van der Waals surface area (Å²) in [7, 11) is 1.48. The molecule has 94 valence electrons. The van der Waals surface area contributed by atoms with E-state index in [4.69, 9.17) is 4.74 Å². The van der Waals surface area contributed by atoms with Crippen LogP contribution < -0.4 is 4.74 Å². The molecular weight excluding hydrogens is 301 g/mol. The third kappa shape index (κ3) is 2.52. The lowest BCUT2D eigenvalue weighted by Gasteiger charge is -2.15. The second kappa shape index (κ2) is 5.46. The fraction of sp³-hybridized carbons (Fsp3) is 0.154. The predicted molar refractivity (Wildman–Crippen MR) is 69.0 cm³/mol. The summed E-state index contributed by atoms with van der Waals surface area (Å²) in [5.41, 5.74) is 0.665. The molecule has 0 aliphatic carbocycles. The summed E-state index contributed by atoms with van der Waals surface area (Å²) in [5, 5.41) is 10.2. The summed E-state index contributed by atoms with van der Waals surface area (Å²) in [6.45, 7) is 0.